The first kappa shape index (κ1) is 24.6. The molecule has 0 radical (unpaired) electrons. The van der Waals surface area contributed by atoms with Gasteiger partial charge in [0.15, 0.2) is 0 Å². The summed E-state index contributed by atoms with van der Waals surface area (Å²) in [7, 11) is 1.67. The molecule has 1 aromatic rings. The van der Waals surface area contributed by atoms with Crippen molar-refractivity contribution in [1.29, 1.82) is 0 Å². The molecule has 3 rings (SSSR count). The van der Waals surface area contributed by atoms with Gasteiger partial charge in [-0.05, 0) is 33.3 Å². The predicted molar refractivity (Wildman–Crippen MR) is 126 cm³/mol. The number of ether oxygens (including phenoxy) is 1. The van der Waals surface area contributed by atoms with Gasteiger partial charge < -0.3 is 20.3 Å². The largest absolute Gasteiger partial charge is 0.463 e. The molecule has 2 aliphatic rings. The number of amides is 4. The number of nitrogens with zero attached hydrogens (tertiary/aromatic N) is 3. The number of carbonyl (C=O) groups excluding carboxylic acids is 3. The van der Waals surface area contributed by atoms with E-state index in [0.717, 1.165) is 11.1 Å². The third-order valence-electron chi connectivity index (χ3n) is 6.12. The van der Waals surface area contributed by atoms with Gasteiger partial charge in [-0.2, -0.15) is 0 Å². The maximum absolute atomic E-state index is 13.1. The second-order valence-electron chi connectivity index (χ2n) is 8.55. The van der Waals surface area contributed by atoms with E-state index in [0.29, 0.717) is 44.0 Å². The Morgan fingerprint density at radius 2 is 2.00 bits per heavy atom. The van der Waals surface area contributed by atoms with Crippen LogP contribution in [0, 0.1) is 6.92 Å². The summed E-state index contributed by atoms with van der Waals surface area (Å²) in [6, 6.07) is 6.87. The van der Waals surface area contributed by atoms with E-state index in [1.165, 1.54) is 4.90 Å². The molecular formula is C24H35N5O4. The fraction of sp³-hybridized carbons (Fsp3) is 0.542. The van der Waals surface area contributed by atoms with Crippen molar-refractivity contribution in [1.82, 2.24) is 25.3 Å². The monoisotopic (exact) mass is 457 g/mol. The van der Waals surface area contributed by atoms with Crippen LogP contribution in [0.5, 0.6) is 0 Å². The van der Waals surface area contributed by atoms with Crippen LogP contribution in [0.3, 0.4) is 0 Å². The molecule has 1 fully saturated rings. The van der Waals surface area contributed by atoms with Crippen molar-refractivity contribution in [2.45, 2.75) is 39.8 Å². The SMILES string of the molecule is CCNC(=O)N1CCN(CC2=C(C(=O)OCC)[C@H](c3cccc(C)c3)NC(=O)N2C)C[C@H]1C. The molecule has 180 valence electrons. The third-order valence-corrected chi connectivity index (χ3v) is 6.12. The highest BCUT2D eigenvalue weighted by atomic mass is 16.5. The van der Waals surface area contributed by atoms with Gasteiger partial charge >= 0.3 is 18.0 Å². The molecule has 9 nitrogen and oxygen atoms in total. The summed E-state index contributed by atoms with van der Waals surface area (Å²) in [5, 5.41) is 5.82. The van der Waals surface area contributed by atoms with E-state index >= 15 is 0 Å². The Kier molecular flexibility index (Phi) is 7.97. The highest BCUT2D eigenvalue weighted by molar-refractivity contribution is 5.95. The van der Waals surface area contributed by atoms with Crippen LogP contribution in [0.4, 0.5) is 9.59 Å². The minimum atomic E-state index is -0.586. The number of carbonyl (C=O) groups is 3. The maximum atomic E-state index is 13.1. The molecule has 9 heteroatoms. The van der Waals surface area contributed by atoms with Crippen molar-refractivity contribution in [3.8, 4) is 0 Å². The van der Waals surface area contributed by atoms with Crippen LogP contribution in [0.2, 0.25) is 0 Å². The van der Waals surface area contributed by atoms with E-state index in [2.05, 4.69) is 15.5 Å². The number of likely N-dealkylation sites (N-methyl/N-ethyl adjacent to an activating group) is 1. The van der Waals surface area contributed by atoms with E-state index in [1.54, 1.807) is 14.0 Å². The van der Waals surface area contributed by atoms with E-state index in [-0.39, 0.29) is 24.7 Å². The maximum Gasteiger partial charge on any atom is 0.338 e. The number of piperazine rings is 1. The van der Waals surface area contributed by atoms with Gasteiger partial charge in [-0.3, -0.25) is 9.80 Å². The van der Waals surface area contributed by atoms with Gasteiger partial charge in [-0.25, -0.2) is 14.4 Å². The lowest BCUT2D eigenvalue weighted by Gasteiger charge is -2.42. The van der Waals surface area contributed by atoms with Crippen LogP contribution in [-0.2, 0) is 9.53 Å². The summed E-state index contributed by atoms with van der Waals surface area (Å²) < 4.78 is 5.41. The van der Waals surface area contributed by atoms with Gasteiger partial charge in [0.1, 0.15) is 0 Å². The molecule has 1 aromatic carbocycles. The average molecular weight is 458 g/mol. The molecule has 2 N–H and O–H groups in total. The standard InChI is InChI=1S/C24H35N5O4/c1-6-25-23(31)29-12-11-28(14-17(29)4)15-19-20(22(30)33-7-2)21(26-24(32)27(19)5)18-10-8-9-16(3)13-18/h8-10,13,17,21H,6-7,11-12,14-15H2,1-5H3,(H,25,31)(H,26,32)/t17-,21+/m1/s1. The molecule has 33 heavy (non-hydrogen) atoms. The van der Waals surface area contributed by atoms with Crippen LogP contribution in [0.1, 0.15) is 37.9 Å². The second kappa shape index (κ2) is 10.7. The van der Waals surface area contributed by atoms with E-state index in [1.807, 2.05) is 49.9 Å². The van der Waals surface area contributed by atoms with E-state index in [9.17, 15) is 14.4 Å². The van der Waals surface area contributed by atoms with Crippen LogP contribution in [-0.4, -0.2) is 85.2 Å². The topological polar surface area (TPSA) is 94.2 Å². The van der Waals surface area contributed by atoms with Crippen molar-refractivity contribution in [2.75, 3.05) is 46.4 Å². The zero-order chi connectivity index (χ0) is 24.1. The van der Waals surface area contributed by atoms with E-state index in [4.69, 9.17) is 4.74 Å². The molecule has 0 aliphatic carbocycles. The number of benzene rings is 1. The van der Waals surface area contributed by atoms with Crippen molar-refractivity contribution in [3.05, 3.63) is 46.7 Å². The summed E-state index contributed by atoms with van der Waals surface area (Å²) >= 11 is 0. The van der Waals surface area contributed by atoms with Crippen molar-refractivity contribution in [3.63, 3.8) is 0 Å². The van der Waals surface area contributed by atoms with Crippen LogP contribution >= 0.6 is 0 Å². The van der Waals surface area contributed by atoms with E-state index < -0.39 is 12.0 Å². The van der Waals surface area contributed by atoms with Gasteiger partial charge in [0.25, 0.3) is 0 Å². The van der Waals surface area contributed by atoms with Crippen molar-refractivity contribution < 1.29 is 19.1 Å². The number of aryl methyl sites for hydroxylation is 1. The molecular weight excluding hydrogens is 422 g/mol. The van der Waals surface area contributed by atoms with Gasteiger partial charge in [-0.15, -0.1) is 0 Å². The molecule has 0 unspecified atom stereocenters. The molecule has 4 amide bonds. The Balaban J connectivity index is 1.93. The second-order valence-corrected chi connectivity index (χ2v) is 8.55. The first-order chi connectivity index (χ1) is 15.8. The number of esters is 1. The Labute approximate surface area is 195 Å². The summed E-state index contributed by atoms with van der Waals surface area (Å²) in [5.74, 6) is -0.431. The zero-order valence-corrected chi connectivity index (χ0v) is 20.2. The first-order valence-corrected chi connectivity index (χ1v) is 11.5. The molecule has 0 aromatic heterocycles. The van der Waals surface area contributed by atoms with Crippen LogP contribution in [0.25, 0.3) is 0 Å². The molecule has 2 aliphatic heterocycles. The Hall–Kier alpha value is -3.07. The quantitative estimate of drug-likeness (QED) is 0.639. The highest BCUT2D eigenvalue weighted by Crippen LogP contribution is 2.32. The Morgan fingerprint density at radius 1 is 1.24 bits per heavy atom. The number of nitrogens with one attached hydrogen (secondary N) is 2. The summed E-state index contributed by atoms with van der Waals surface area (Å²) in [4.78, 5) is 43.8. The third kappa shape index (κ3) is 5.47. The smallest absolute Gasteiger partial charge is 0.338 e. The zero-order valence-electron chi connectivity index (χ0n) is 20.2. The number of rotatable bonds is 6. The van der Waals surface area contributed by atoms with Crippen LogP contribution < -0.4 is 10.6 Å². The number of hydrogen-bond donors (Lipinski definition) is 2. The lowest BCUT2D eigenvalue weighted by atomic mass is 9.93. The van der Waals surface area contributed by atoms with Gasteiger partial charge in [0.05, 0.1) is 18.2 Å². The summed E-state index contributed by atoms with van der Waals surface area (Å²) in [6.45, 7) is 10.8. The van der Waals surface area contributed by atoms with Gasteiger partial charge in [0, 0.05) is 51.5 Å². The predicted octanol–water partition coefficient (Wildman–Crippen LogP) is 2.24. The fourth-order valence-electron chi connectivity index (χ4n) is 4.44. The lowest BCUT2D eigenvalue weighted by molar-refractivity contribution is -0.139. The van der Waals surface area contributed by atoms with Gasteiger partial charge in [0.2, 0.25) is 0 Å². The van der Waals surface area contributed by atoms with Crippen molar-refractivity contribution in [2.24, 2.45) is 0 Å². The Bertz CT molecular complexity index is 931. The minimum absolute atomic E-state index is 0.00670. The lowest BCUT2D eigenvalue weighted by Crippen LogP contribution is -2.57. The van der Waals surface area contributed by atoms with Crippen LogP contribution in [0.15, 0.2) is 35.5 Å². The highest BCUT2D eigenvalue weighted by Gasteiger charge is 2.38. The Morgan fingerprint density at radius 3 is 2.64 bits per heavy atom. The molecule has 1 saturated heterocycles. The number of hydrogen-bond acceptors (Lipinski definition) is 5. The first-order valence-electron chi connectivity index (χ1n) is 11.5. The molecule has 0 saturated carbocycles. The summed E-state index contributed by atoms with van der Waals surface area (Å²) in [5.41, 5.74) is 2.96. The minimum Gasteiger partial charge on any atom is -0.463 e. The van der Waals surface area contributed by atoms with Crippen molar-refractivity contribution >= 4 is 18.0 Å². The molecule has 0 bridgehead atoms. The normalized spacial score (nSPS) is 21.7. The molecule has 2 heterocycles. The fourth-order valence-corrected chi connectivity index (χ4v) is 4.44. The number of urea groups is 2. The molecule has 0 spiro atoms. The average Bonchev–Trinajstić information content (AvgIpc) is 2.77. The van der Waals surface area contributed by atoms with Gasteiger partial charge in [-0.1, -0.05) is 29.8 Å². The molecule has 2 atom stereocenters. The summed E-state index contributed by atoms with van der Waals surface area (Å²) in [6.07, 6.45) is 0.